The summed E-state index contributed by atoms with van der Waals surface area (Å²) in [6.07, 6.45) is 0. The number of benzene rings is 1. The van der Waals surface area contributed by atoms with Crippen molar-refractivity contribution in [2.24, 2.45) is 0 Å². The highest BCUT2D eigenvalue weighted by atomic mass is 35.7. The maximum atomic E-state index is 11.2. The van der Waals surface area contributed by atoms with E-state index in [0.29, 0.717) is 11.3 Å². The molecule has 0 atom stereocenters. The van der Waals surface area contributed by atoms with Crippen LogP contribution in [0.3, 0.4) is 0 Å². The van der Waals surface area contributed by atoms with Gasteiger partial charge in [-0.2, -0.15) is 5.26 Å². The van der Waals surface area contributed by atoms with Crippen LogP contribution in [0.5, 0.6) is 5.75 Å². The van der Waals surface area contributed by atoms with Crippen molar-refractivity contribution >= 4 is 25.6 Å². The van der Waals surface area contributed by atoms with E-state index in [-0.39, 0.29) is 18.0 Å². The zero-order valence-electron chi connectivity index (χ0n) is 10.0. The van der Waals surface area contributed by atoms with Crippen molar-refractivity contribution in [1.82, 2.24) is 5.32 Å². The molecule has 0 aromatic heterocycles. The van der Waals surface area contributed by atoms with Gasteiger partial charge in [-0.15, -0.1) is 0 Å². The number of rotatable bonds is 5. The Kier molecular flexibility index (Phi) is 5.15. The van der Waals surface area contributed by atoms with E-state index >= 15 is 0 Å². The Labute approximate surface area is 115 Å². The van der Waals surface area contributed by atoms with Gasteiger partial charge in [0.2, 0.25) is 0 Å². The Morgan fingerprint density at radius 1 is 1.53 bits per heavy atom. The first-order valence-corrected chi connectivity index (χ1v) is 7.47. The molecule has 102 valence electrons. The van der Waals surface area contributed by atoms with Gasteiger partial charge in [-0.1, -0.05) is 0 Å². The second kappa shape index (κ2) is 6.41. The average molecular weight is 303 g/mol. The summed E-state index contributed by atoms with van der Waals surface area (Å²) in [6, 6.07) is 5.82. The van der Waals surface area contributed by atoms with Crippen molar-refractivity contribution < 1.29 is 17.9 Å². The van der Waals surface area contributed by atoms with E-state index in [9.17, 15) is 13.2 Å². The molecule has 1 amide bonds. The van der Waals surface area contributed by atoms with E-state index in [1.807, 2.05) is 0 Å². The Bertz CT molecular complexity index is 622. The van der Waals surface area contributed by atoms with Gasteiger partial charge < -0.3 is 10.1 Å². The van der Waals surface area contributed by atoms with E-state index in [1.54, 1.807) is 13.0 Å². The summed E-state index contributed by atoms with van der Waals surface area (Å²) >= 11 is 0. The molecule has 0 fully saturated rings. The van der Waals surface area contributed by atoms with Crippen LogP contribution in [-0.4, -0.2) is 27.5 Å². The number of ether oxygens (including phenoxy) is 1. The third kappa shape index (κ3) is 4.77. The van der Waals surface area contributed by atoms with E-state index < -0.39 is 15.0 Å². The largest absolute Gasteiger partial charge is 0.484 e. The Morgan fingerprint density at radius 2 is 2.21 bits per heavy atom. The maximum absolute atomic E-state index is 11.2. The summed E-state index contributed by atoms with van der Waals surface area (Å²) in [7, 11) is 1.42. The van der Waals surface area contributed by atoms with E-state index in [0.717, 1.165) is 0 Å². The van der Waals surface area contributed by atoms with Crippen LogP contribution in [-0.2, 0) is 13.8 Å². The fourth-order valence-electron chi connectivity index (χ4n) is 1.27. The fourth-order valence-corrected chi connectivity index (χ4v) is 2.10. The molecule has 0 radical (unpaired) electrons. The monoisotopic (exact) mass is 302 g/mol. The molecule has 19 heavy (non-hydrogen) atoms. The number of nitrogens with one attached hydrogen (secondary N) is 1. The molecule has 0 heterocycles. The Hall–Kier alpha value is -1.78. The third-order valence-electron chi connectivity index (χ3n) is 2.15. The summed E-state index contributed by atoms with van der Waals surface area (Å²) in [4.78, 5) is 11.2. The van der Waals surface area contributed by atoms with Crippen LogP contribution in [0.15, 0.2) is 23.1 Å². The van der Waals surface area contributed by atoms with Crippen LogP contribution >= 0.6 is 10.7 Å². The van der Waals surface area contributed by atoms with Gasteiger partial charge in [-0.05, 0) is 30.7 Å². The first kappa shape index (κ1) is 15.3. The van der Waals surface area contributed by atoms with Crippen molar-refractivity contribution in [3.05, 3.63) is 23.8 Å². The van der Waals surface area contributed by atoms with E-state index in [2.05, 4.69) is 5.32 Å². The first-order valence-electron chi connectivity index (χ1n) is 5.16. The number of hydrogen-bond acceptors (Lipinski definition) is 5. The fraction of sp³-hybridized carbons (Fsp3) is 0.273. The predicted molar refractivity (Wildman–Crippen MR) is 68.3 cm³/mol. The molecule has 0 spiro atoms. The first-order chi connectivity index (χ1) is 8.84. The SMILES string of the molecule is Cc1cc(S(=O)(=O)Cl)ccc1OCC(=O)NCC#N. The average Bonchev–Trinajstić information content (AvgIpc) is 2.33. The molecule has 0 aliphatic carbocycles. The second-order valence-corrected chi connectivity index (χ2v) is 6.15. The lowest BCUT2D eigenvalue weighted by Crippen LogP contribution is -2.29. The third-order valence-corrected chi connectivity index (χ3v) is 3.50. The lowest BCUT2D eigenvalue weighted by Gasteiger charge is -2.09. The molecule has 1 aromatic rings. The van der Waals surface area contributed by atoms with Gasteiger partial charge in [0.25, 0.3) is 15.0 Å². The van der Waals surface area contributed by atoms with Crippen LogP contribution in [0.2, 0.25) is 0 Å². The summed E-state index contributed by atoms with van der Waals surface area (Å²) in [5.41, 5.74) is 0.537. The quantitative estimate of drug-likeness (QED) is 0.645. The summed E-state index contributed by atoms with van der Waals surface area (Å²) in [5.74, 6) is -0.0637. The van der Waals surface area contributed by atoms with Gasteiger partial charge in [0.05, 0.1) is 11.0 Å². The lowest BCUT2D eigenvalue weighted by atomic mass is 10.2. The molecule has 0 unspecified atom stereocenters. The van der Waals surface area contributed by atoms with Crippen molar-refractivity contribution in [1.29, 1.82) is 5.26 Å². The highest BCUT2D eigenvalue weighted by Crippen LogP contribution is 2.23. The topological polar surface area (TPSA) is 96.3 Å². The van der Waals surface area contributed by atoms with E-state index in [4.69, 9.17) is 20.7 Å². The van der Waals surface area contributed by atoms with Crippen LogP contribution in [0.25, 0.3) is 0 Å². The molecule has 1 rings (SSSR count). The zero-order chi connectivity index (χ0) is 14.5. The molecule has 0 aliphatic heterocycles. The van der Waals surface area contributed by atoms with Crippen LogP contribution in [0.1, 0.15) is 5.56 Å². The molecule has 0 saturated heterocycles. The van der Waals surface area contributed by atoms with Gasteiger partial charge in [-0.3, -0.25) is 4.79 Å². The number of carbonyl (C=O) groups excluding carboxylic acids is 1. The molecule has 0 saturated carbocycles. The summed E-state index contributed by atoms with van der Waals surface area (Å²) in [5, 5.41) is 10.6. The zero-order valence-corrected chi connectivity index (χ0v) is 11.6. The predicted octanol–water partition coefficient (Wildman–Crippen LogP) is 0.941. The van der Waals surface area contributed by atoms with Crippen molar-refractivity contribution in [3.63, 3.8) is 0 Å². The number of halogens is 1. The number of nitrogens with zero attached hydrogens (tertiary/aromatic N) is 1. The second-order valence-electron chi connectivity index (χ2n) is 3.59. The lowest BCUT2D eigenvalue weighted by molar-refractivity contribution is -0.122. The van der Waals surface area contributed by atoms with Crippen LogP contribution in [0.4, 0.5) is 0 Å². The molecular formula is C11H11ClN2O4S. The van der Waals surface area contributed by atoms with Crippen LogP contribution < -0.4 is 10.1 Å². The van der Waals surface area contributed by atoms with Gasteiger partial charge in [0.1, 0.15) is 12.3 Å². The molecular weight excluding hydrogens is 292 g/mol. The highest BCUT2D eigenvalue weighted by Gasteiger charge is 2.12. The maximum Gasteiger partial charge on any atom is 0.261 e. The van der Waals surface area contributed by atoms with Gasteiger partial charge in [0.15, 0.2) is 6.61 Å². The normalized spacial score (nSPS) is 10.6. The van der Waals surface area contributed by atoms with E-state index in [1.165, 1.54) is 18.2 Å². The molecule has 8 heteroatoms. The Morgan fingerprint density at radius 3 is 2.74 bits per heavy atom. The molecule has 1 aromatic carbocycles. The standard InChI is InChI=1S/C11H11ClN2O4S/c1-8-6-9(19(12,16)17)2-3-10(8)18-7-11(15)14-5-4-13/h2-3,6H,5,7H2,1H3,(H,14,15). The number of amides is 1. The molecule has 6 nitrogen and oxygen atoms in total. The van der Waals surface area contributed by atoms with Crippen molar-refractivity contribution in [2.75, 3.05) is 13.2 Å². The van der Waals surface area contributed by atoms with Gasteiger partial charge in [-0.25, -0.2) is 8.42 Å². The van der Waals surface area contributed by atoms with Crippen molar-refractivity contribution in [3.8, 4) is 11.8 Å². The molecule has 0 bridgehead atoms. The van der Waals surface area contributed by atoms with Gasteiger partial charge in [0, 0.05) is 10.7 Å². The summed E-state index contributed by atoms with van der Waals surface area (Å²) < 4.78 is 27.4. The minimum Gasteiger partial charge on any atom is -0.484 e. The molecule has 1 N–H and O–H groups in total. The van der Waals surface area contributed by atoms with Crippen LogP contribution in [0, 0.1) is 18.3 Å². The minimum atomic E-state index is -3.78. The minimum absolute atomic E-state index is 0.0343. The smallest absolute Gasteiger partial charge is 0.261 e. The van der Waals surface area contributed by atoms with Gasteiger partial charge >= 0.3 is 0 Å². The number of carbonyl (C=O) groups is 1. The van der Waals surface area contributed by atoms with Crippen molar-refractivity contribution in [2.45, 2.75) is 11.8 Å². The Balaban J connectivity index is 2.71. The number of nitriles is 1. The summed E-state index contributed by atoms with van der Waals surface area (Å²) in [6.45, 7) is 1.29. The number of hydrogen-bond donors (Lipinski definition) is 1. The number of aryl methyl sites for hydroxylation is 1. The molecule has 0 aliphatic rings. The highest BCUT2D eigenvalue weighted by molar-refractivity contribution is 8.13.